The molecule has 1 aliphatic rings. The smallest absolute Gasteiger partial charge is 0.325 e. The largest absolute Gasteiger partial charge is 0.459 e. The average molecular weight is 347 g/mol. The summed E-state index contributed by atoms with van der Waals surface area (Å²) < 4.78 is 52.3. The number of aromatic nitrogens is 1. The van der Waals surface area contributed by atoms with Gasteiger partial charge in [-0.05, 0) is 20.8 Å². The predicted octanol–water partition coefficient (Wildman–Crippen LogP) is 2.09. The molecule has 24 heavy (non-hydrogen) atoms. The molecule has 2 heterocycles. The molecule has 9 heteroatoms. The number of carbonyl (C=O) groups excluding carboxylic acids is 1. The van der Waals surface area contributed by atoms with E-state index in [1.807, 2.05) is 0 Å². The lowest BCUT2D eigenvalue weighted by molar-refractivity contribution is -0.152. The number of carbonyl (C=O) groups is 1. The summed E-state index contributed by atoms with van der Waals surface area (Å²) in [7, 11) is 0. The zero-order valence-corrected chi connectivity index (χ0v) is 13.8. The van der Waals surface area contributed by atoms with E-state index in [1.54, 1.807) is 20.8 Å². The van der Waals surface area contributed by atoms with Crippen molar-refractivity contribution in [3.05, 3.63) is 17.6 Å². The minimum Gasteiger partial charge on any atom is -0.459 e. The summed E-state index contributed by atoms with van der Waals surface area (Å²) in [5.41, 5.74) is -1.48. The third kappa shape index (κ3) is 4.50. The number of anilines is 2. The first-order chi connectivity index (χ1) is 11.2. The molecule has 1 fully saturated rings. The summed E-state index contributed by atoms with van der Waals surface area (Å²) in [4.78, 5) is 16.5. The molecule has 2 rings (SSSR count). The Morgan fingerprint density at radius 2 is 1.88 bits per heavy atom. The second-order valence-corrected chi connectivity index (χ2v) is 6.27. The van der Waals surface area contributed by atoms with Crippen LogP contribution in [0.2, 0.25) is 0 Å². The minimum absolute atomic E-state index is 0.306. The molecule has 1 N–H and O–H groups in total. The molecule has 0 atom stereocenters. The van der Waals surface area contributed by atoms with Gasteiger partial charge >= 0.3 is 5.97 Å². The lowest BCUT2D eigenvalue weighted by Crippen LogP contribution is -2.38. The SMILES string of the molecule is CC(C)(C)OC(=O)CNc1c(F)c(F)nc(N2CCOCC2)c1F. The Bertz CT molecular complexity index is 614. The van der Waals surface area contributed by atoms with Crippen LogP contribution in [0.1, 0.15) is 20.8 Å². The van der Waals surface area contributed by atoms with Gasteiger partial charge < -0.3 is 19.7 Å². The van der Waals surface area contributed by atoms with Crippen LogP contribution in [0.4, 0.5) is 24.7 Å². The van der Waals surface area contributed by atoms with Crippen LogP contribution in [-0.4, -0.2) is 49.4 Å². The van der Waals surface area contributed by atoms with Crippen LogP contribution in [-0.2, 0) is 14.3 Å². The van der Waals surface area contributed by atoms with Gasteiger partial charge in [-0.2, -0.15) is 13.8 Å². The van der Waals surface area contributed by atoms with Crippen molar-refractivity contribution in [2.75, 3.05) is 43.1 Å². The molecule has 0 radical (unpaired) electrons. The molecule has 134 valence electrons. The van der Waals surface area contributed by atoms with E-state index >= 15 is 0 Å². The summed E-state index contributed by atoms with van der Waals surface area (Å²) in [6.07, 6.45) is 0. The molecule has 0 amide bonds. The van der Waals surface area contributed by atoms with Crippen LogP contribution in [0.25, 0.3) is 0 Å². The molecule has 1 aliphatic heterocycles. The highest BCUT2D eigenvalue weighted by Crippen LogP contribution is 2.28. The summed E-state index contributed by atoms with van der Waals surface area (Å²) in [6, 6.07) is 0. The van der Waals surface area contributed by atoms with Crippen LogP contribution in [0.15, 0.2) is 0 Å². The molecule has 0 aliphatic carbocycles. The van der Waals surface area contributed by atoms with E-state index in [0.717, 1.165) is 0 Å². The number of rotatable bonds is 4. The maximum absolute atomic E-state index is 14.5. The van der Waals surface area contributed by atoms with E-state index in [1.165, 1.54) is 4.90 Å². The van der Waals surface area contributed by atoms with Gasteiger partial charge in [0.2, 0.25) is 5.82 Å². The van der Waals surface area contributed by atoms with Crippen molar-refractivity contribution in [1.82, 2.24) is 4.98 Å². The monoisotopic (exact) mass is 347 g/mol. The van der Waals surface area contributed by atoms with Gasteiger partial charge in [-0.3, -0.25) is 4.79 Å². The van der Waals surface area contributed by atoms with Gasteiger partial charge in [0.15, 0.2) is 11.6 Å². The minimum atomic E-state index is -1.48. The zero-order valence-electron chi connectivity index (χ0n) is 13.8. The van der Waals surface area contributed by atoms with Gasteiger partial charge in [0, 0.05) is 13.1 Å². The molecule has 0 aromatic carbocycles. The Morgan fingerprint density at radius 3 is 2.46 bits per heavy atom. The second-order valence-electron chi connectivity index (χ2n) is 6.27. The summed E-state index contributed by atoms with van der Waals surface area (Å²) in [6.45, 7) is 5.76. The number of pyridine rings is 1. The van der Waals surface area contributed by atoms with Crippen molar-refractivity contribution >= 4 is 17.5 Å². The standard InChI is InChI=1S/C15H20F3N3O3/c1-15(2,3)24-9(22)8-19-12-10(16)13(18)20-14(11(12)17)21-4-6-23-7-5-21/h4-8H2,1-3H3,(H,19,20). The van der Waals surface area contributed by atoms with E-state index < -0.39 is 41.4 Å². The van der Waals surface area contributed by atoms with Crippen molar-refractivity contribution in [2.45, 2.75) is 26.4 Å². The van der Waals surface area contributed by atoms with Gasteiger partial charge in [-0.25, -0.2) is 4.39 Å². The molecule has 0 spiro atoms. The van der Waals surface area contributed by atoms with Crippen molar-refractivity contribution in [2.24, 2.45) is 0 Å². The number of halogens is 3. The Balaban J connectivity index is 2.19. The number of morpholine rings is 1. The quantitative estimate of drug-likeness (QED) is 0.665. The summed E-state index contributed by atoms with van der Waals surface area (Å²) in [5.74, 6) is -5.01. The Hall–Kier alpha value is -2.03. The maximum atomic E-state index is 14.5. The van der Waals surface area contributed by atoms with E-state index in [-0.39, 0.29) is 5.82 Å². The second kappa shape index (κ2) is 7.25. The van der Waals surface area contributed by atoms with E-state index in [9.17, 15) is 18.0 Å². The molecule has 0 saturated carbocycles. The van der Waals surface area contributed by atoms with Gasteiger partial charge in [0.25, 0.3) is 5.95 Å². The van der Waals surface area contributed by atoms with Crippen LogP contribution in [0, 0.1) is 17.6 Å². The van der Waals surface area contributed by atoms with Crippen molar-refractivity contribution < 1.29 is 27.4 Å². The first-order valence-corrected chi connectivity index (χ1v) is 7.52. The number of hydrogen-bond acceptors (Lipinski definition) is 6. The molecule has 0 bridgehead atoms. The third-order valence-corrected chi connectivity index (χ3v) is 3.16. The van der Waals surface area contributed by atoms with Crippen LogP contribution in [0.3, 0.4) is 0 Å². The number of ether oxygens (including phenoxy) is 2. The number of hydrogen-bond donors (Lipinski definition) is 1. The van der Waals surface area contributed by atoms with Gasteiger partial charge in [-0.15, -0.1) is 0 Å². The summed E-state index contributed by atoms with van der Waals surface area (Å²) in [5, 5.41) is 2.26. The molecular formula is C15H20F3N3O3. The van der Waals surface area contributed by atoms with E-state index in [0.29, 0.717) is 26.3 Å². The average Bonchev–Trinajstić information content (AvgIpc) is 2.50. The molecular weight excluding hydrogens is 327 g/mol. The molecule has 0 unspecified atom stereocenters. The third-order valence-electron chi connectivity index (χ3n) is 3.16. The van der Waals surface area contributed by atoms with E-state index in [2.05, 4.69) is 10.3 Å². The van der Waals surface area contributed by atoms with Crippen molar-refractivity contribution in [3.8, 4) is 0 Å². The molecule has 1 aromatic heterocycles. The number of esters is 1. The van der Waals surface area contributed by atoms with Crippen LogP contribution in [0.5, 0.6) is 0 Å². The van der Waals surface area contributed by atoms with Crippen molar-refractivity contribution in [1.29, 1.82) is 0 Å². The molecule has 6 nitrogen and oxygen atoms in total. The molecule has 1 saturated heterocycles. The first kappa shape index (κ1) is 18.3. The van der Waals surface area contributed by atoms with Gasteiger partial charge in [0.05, 0.1) is 13.2 Å². The highest BCUT2D eigenvalue weighted by atomic mass is 19.2. The Morgan fingerprint density at radius 1 is 1.25 bits per heavy atom. The van der Waals surface area contributed by atoms with Crippen LogP contribution < -0.4 is 10.2 Å². The lowest BCUT2D eigenvalue weighted by Gasteiger charge is -2.28. The Kier molecular flexibility index (Phi) is 5.53. The van der Waals surface area contributed by atoms with Crippen LogP contribution >= 0.6 is 0 Å². The van der Waals surface area contributed by atoms with Gasteiger partial charge in [0.1, 0.15) is 17.8 Å². The van der Waals surface area contributed by atoms with Gasteiger partial charge in [-0.1, -0.05) is 0 Å². The first-order valence-electron chi connectivity index (χ1n) is 7.52. The number of nitrogens with one attached hydrogen (secondary N) is 1. The topological polar surface area (TPSA) is 63.7 Å². The predicted molar refractivity (Wildman–Crippen MR) is 81.5 cm³/mol. The highest BCUT2D eigenvalue weighted by molar-refractivity contribution is 5.76. The highest BCUT2D eigenvalue weighted by Gasteiger charge is 2.26. The fourth-order valence-corrected chi connectivity index (χ4v) is 2.18. The lowest BCUT2D eigenvalue weighted by atomic mass is 10.2. The van der Waals surface area contributed by atoms with E-state index in [4.69, 9.17) is 9.47 Å². The fraction of sp³-hybridized carbons (Fsp3) is 0.600. The summed E-state index contributed by atoms with van der Waals surface area (Å²) >= 11 is 0. The fourth-order valence-electron chi connectivity index (χ4n) is 2.18. The van der Waals surface area contributed by atoms with Crippen molar-refractivity contribution in [3.63, 3.8) is 0 Å². The number of nitrogens with zero attached hydrogens (tertiary/aromatic N) is 2. The normalized spacial score (nSPS) is 15.3. The maximum Gasteiger partial charge on any atom is 0.325 e. The molecule has 1 aromatic rings. The zero-order chi connectivity index (χ0) is 17.9. The Labute approximate surface area is 137 Å².